The summed E-state index contributed by atoms with van der Waals surface area (Å²) in [5, 5.41) is 0. The molecule has 8 heteroatoms. The molecule has 2 fully saturated rings. The molecule has 1 aromatic rings. The SMILES string of the molecule is CC(C)(C)OC(=O)C1(S(=O)(=O)N2CCC(C=CCCOCc3ccccc3)CC2)CCOCC1. The third-order valence-corrected chi connectivity index (χ3v) is 8.96. The number of esters is 1. The van der Waals surface area contributed by atoms with E-state index in [4.69, 9.17) is 14.2 Å². The molecular formula is C26H39NO6S. The third-order valence-electron chi connectivity index (χ3n) is 6.35. The number of carbonyl (C=O) groups is 1. The second kappa shape index (κ2) is 11.8. The zero-order valence-corrected chi connectivity index (χ0v) is 21.5. The number of ether oxygens (including phenoxy) is 3. The predicted molar refractivity (Wildman–Crippen MR) is 132 cm³/mol. The molecule has 34 heavy (non-hydrogen) atoms. The number of piperidine rings is 1. The van der Waals surface area contributed by atoms with Crippen molar-refractivity contribution in [3.63, 3.8) is 0 Å². The normalized spacial score (nSPS) is 20.4. The molecular weight excluding hydrogens is 454 g/mol. The molecule has 3 rings (SSSR count). The number of rotatable bonds is 9. The first-order chi connectivity index (χ1) is 16.1. The van der Waals surface area contributed by atoms with Crippen LogP contribution in [0.15, 0.2) is 42.5 Å². The summed E-state index contributed by atoms with van der Waals surface area (Å²) in [6.07, 6.45) is 6.87. The van der Waals surface area contributed by atoms with Crippen molar-refractivity contribution >= 4 is 16.0 Å². The lowest BCUT2D eigenvalue weighted by Gasteiger charge is -2.41. The molecule has 2 aliphatic heterocycles. The Morgan fingerprint density at radius 2 is 1.79 bits per heavy atom. The van der Waals surface area contributed by atoms with E-state index in [-0.39, 0.29) is 26.1 Å². The molecule has 0 spiro atoms. The van der Waals surface area contributed by atoms with Crippen LogP contribution in [0.1, 0.15) is 58.4 Å². The number of carbonyl (C=O) groups excluding carboxylic acids is 1. The van der Waals surface area contributed by atoms with Gasteiger partial charge in [0.2, 0.25) is 10.0 Å². The highest BCUT2D eigenvalue weighted by Gasteiger charge is 2.56. The molecule has 1 aromatic carbocycles. The molecule has 7 nitrogen and oxygen atoms in total. The number of nitrogens with zero attached hydrogens (tertiary/aromatic N) is 1. The summed E-state index contributed by atoms with van der Waals surface area (Å²) in [6.45, 7) is 7.84. The Morgan fingerprint density at radius 3 is 2.41 bits per heavy atom. The van der Waals surface area contributed by atoms with E-state index in [1.165, 1.54) is 4.31 Å². The second-order valence-electron chi connectivity index (χ2n) is 10.1. The van der Waals surface area contributed by atoms with Crippen LogP contribution in [0.3, 0.4) is 0 Å². The van der Waals surface area contributed by atoms with Gasteiger partial charge in [0.1, 0.15) is 5.60 Å². The van der Waals surface area contributed by atoms with E-state index in [1.807, 2.05) is 30.3 Å². The molecule has 0 atom stereocenters. The number of sulfonamides is 1. The quantitative estimate of drug-likeness (QED) is 0.293. The summed E-state index contributed by atoms with van der Waals surface area (Å²) in [5.74, 6) is -0.325. The van der Waals surface area contributed by atoms with Gasteiger partial charge in [0.15, 0.2) is 4.75 Å². The number of hydrogen-bond donors (Lipinski definition) is 0. The first-order valence-corrected chi connectivity index (χ1v) is 13.7. The summed E-state index contributed by atoms with van der Waals surface area (Å²) in [6, 6.07) is 10.1. The third kappa shape index (κ3) is 6.90. The summed E-state index contributed by atoms with van der Waals surface area (Å²) in [4.78, 5) is 13.1. The summed E-state index contributed by atoms with van der Waals surface area (Å²) in [5.41, 5.74) is 0.411. The largest absolute Gasteiger partial charge is 0.459 e. The predicted octanol–water partition coefficient (Wildman–Crippen LogP) is 4.08. The van der Waals surface area contributed by atoms with Crippen LogP contribution in [0.2, 0.25) is 0 Å². The van der Waals surface area contributed by atoms with E-state index < -0.39 is 26.3 Å². The molecule has 0 aliphatic carbocycles. The number of benzene rings is 1. The van der Waals surface area contributed by atoms with Crippen LogP contribution in [0.25, 0.3) is 0 Å². The Kier molecular flexibility index (Phi) is 9.32. The minimum Gasteiger partial charge on any atom is -0.459 e. The van der Waals surface area contributed by atoms with Gasteiger partial charge in [-0.15, -0.1) is 0 Å². The Morgan fingerprint density at radius 1 is 1.15 bits per heavy atom. The van der Waals surface area contributed by atoms with Gasteiger partial charge in [-0.1, -0.05) is 42.5 Å². The minimum atomic E-state index is -3.87. The molecule has 2 aliphatic rings. The highest BCUT2D eigenvalue weighted by molar-refractivity contribution is 7.91. The molecule has 0 aromatic heterocycles. The Labute approximate surface area is 204 Å². The van der Waals surface area contributed by atoms with E-state index >= 15 is 0 Å². The maximum absolute atomic E-state index is 13.7. The van der Waals surface area contributed by atoms with Gasteiger partial charge in [0.05, 0.1) is 13.2 Å². The fraction of sp³-hybridized carbons (Fsp3) is 0.654. The van der Waals surface area contributed by atoms with Crippen LogP contribution in [0.5, 0.6) is 0 Å². The Balaban J connectivity index is 1.51. The summed E-state index contributed by atoms with van der Waals surface area (Å²) in [7, 11) is -3.87. The van der Waals surface area contributed by atoms with Crippen molar-refractivity contribution in [2.24, 2.45) is 5.92 Å². The molecule has 0 radical (unpaired) electrons. The van der Waals surface area contributed by atoms with Crippen molar-refractivity contribution < 1.29 is 27.4 Å². The van der Waals surface area contributed by atoms with Crippen LogP contribution in [-0.4, -0.2) is 62.0 Å². The average Bonchev–Trinajstić information content (AvgIpc) is 2.81. The van der Waals surface area contributed by atoms with Crippen LogP contribution >= 0.6 is 0 Å². The highest BCUT2D eigenvalue weighted by atomic mass is 32.2. The van der Waals surface area contributed by atoms with Crippen LogP contribution in [0.4, 0.5) is 0 Å². The van der Waals surface area contributed by atoms with E-state index in [9.17, 15) is 13.2 Å². The fourth-order valence-electron chi connectivity index (χ4n) is 4.40. The average molecular weight is 494 g/mol. The van der Waals surface area contributed by atoms with Gasteiger partial charge >= 0.3 is 5.97 Å². The van der Waals surface area contributed by atoms with Gasteiger partial charge in [-0.3, -0.25) is 4.79 Å². The fourth-order valence-corrected chi connectivity index (χ4v) is 6.52. The lowest BCUT2D eigenvalue weighted by atomic mass is 9.97. The monoisotopic (exact) mass is 493 g/mol. The molecule has 0 unspecified atom stereocenters. The van der Waals surface area contributed by atoms with Crippen LogP contribution in [-0.2, 0) is 35.6 Å². The lowest BCUT2D eigenvalue weighted by Crippen LogP contribution is -2.58. The maximum atomic E-state index is 13.7. The maximum Gasteiger partial charge on any atom is 0.329 e. The summed E-state index contributed by atoms with van der Waals surface area (Å²) >= 11 is 0. The van der Waals surface area contributed by atoms with Gasteiger partial charge in [0.25, 0.3) is 0 Å². The Hall–Kier alpha value is -1.74. The standard InChI is InChI=1S/C26H39NO6S/c1-25(2,3)33-24(28)26(14-19-31-20-15-26)34(29,30)27-16-12-22(13-17-27)9-7-8-18-32-21-23-10-5-4-6-11-23/h4-7,9-11,22H,8,12-21H2,1-3H3. The molecule has 0 N–H and O–H groups in total. The van der Waals surface area contributed by atoms with E-state index in [2.05, 4.69) is 12.2 Å². The minimum absolute atomic E-state index is 0.132. The number of allylic oxidation sites excluding steroid dienone is 1. The van der Waals surface area contributed by atoms with Gasteiger partial charge in [-0.25, -0.2) is 12.7 Å². The lowest BCUT2D eigenvalue weighted by molar-refractivity contribution is -0.161. The summed E-state index contributed by atoms with van der Waals surface area (Å²) < 4.78 is 44.0. The van der Waals surface area contributed by atoms with E-state index in [0.29, 0.717) is 32.2 Å². The van der Waals surface area contributed by atoms with Gasteiger partial charge in [0, 0.05) is 39.1 Å². The highest BCUT2D eigenvalue weighted by Crippen LogP contribution is 2.37. The van der Waals surface area contributed by atoms with Crippen molar-refractivity contribution in [3.05, 3.63) is 48.0 Å². The van der Waals surface area contributed by atoms with Gasteiger partial charge in [-0.2, -0.15) is 0 Å². The molecule has 2 saturated heterocycles. The van der Waals surface area contributed by atoms with E-state index in [0.717, 1.165) is 24.8 Å². The molecule has 190 valence electrons. The molecule has 0 saturated carbocycles. The molecule has 2 heterocycles. The molecule has 0 amide bonds. The van der Waals surface area contributed by atoms with Gasteiger partial charge in [-0.05, 0) is 51.5 Å². The Bertz CT molecular complexity index is 908. The van der Waals surface area contributed by atoms with Crippen molar-refractivity contribution in [3.8, 4) is 0 Å². The smallest absolute Gasteiger partial charge is 0.329 e. The van der Waals surface area contributed by atoms with Crippen molar-refractivity contribution in [2.45, 2.75) is 69.8 Å². The topological polar surface area (TPSA) is 82.1 Å². The zero-order chi connectivity index (χ0) is 24.7. The van der Waals surface area contributed by atoms with Crippen LogP contribution < -0.4 is 0 Å². The van der Waals surface area contributed by atoms with Crippen LogP contribution in [0, 0.1) is 5.92 Å². The van der Waals surface area contributed by atoms with Gasteiger partial charge < -0.3 is 14.2 Å². The first-order valence-electron chi connectivity index (χ1n) is 12.2. The number of hydrogen-bond acceptors (Lipinski definition) is 6. The van der Waals surface area contributed by atoms with Crippen molar-refractivity contribution in [2.75, 3.05) is 32.9 Å². The van der Waals surface area contributed by atoms with Crippen molar-refractivity contribution in [1.82, 2.24) is 4.31 Å². The second-order valence-corrected chi connectivity index (χ2v) is 12.4. The van der Waals surface area contributed by atoms with Crippen molar-refractivity contribution in [1.29, 1.82) is 0 Å². The first kappa shape index (κ1) is 26.9. The molecule has 0 bridgehead atoms. The van der Waals surface area contributed by atoms with E-state index in [1.54, 1.807) is 20.8 Å². The zero-order valence-electron chi connectivity index (χ0n) is 20.7.